The molecule has 0 unspecified atom stereocenters. The number of hydrogen-bond donors (Lipinski definition) is 1. The standard InChI is InChI=1S/C15H25N5S/c1-4-11-12(5-2)17-18-15(13(11)14(16)21)20-8-6-7-19(3)9-10-20/h4-10H2,1-3H3,(H2,16,21). The topological polar surface area (TPSA) is 58.3 Å². The number of nitrogens with two attached hydrogens (primary N) is 1. The Kier molecular flexibility index (Phi) is 5.47. The lowest BCUT2D eigenvalue weighted by molar-refractivity contribution is 0.360. The Hall–Kier alpha value is -1.27. The van der Waals surface area contributed by atoms with Crippen LogP contribution in [0.5, 0.6) is 0 Å². The van der Waals surface area contributed by atoms with Gasteiger partial charge in [-0.25, -0.2) is 0 Å². The molecule has 0 saturated carbocycles. The fraction of sp³-hybridized carbons (Fsp3) is 0.667. The van der Waals surface area contributed by atoms with Gasteiger partial charge >= 0.3 is 0 Å². The molecule has 1 saturated heterocycles. The number of hydrogen-bond acceptors (Lipinski definition) is 5. The Morgan fingerprint density at radius 2 is 1.90 bits per heavy atom. The molecule has 5 nitrogen and oxygen atoms in total. The SMILES string of the molecule is CCc1nnc(N2CCCN(C)CC2)c(C(N)=S)c1CC. The van der Waals surface area contributed by atoms with Crippen molar-refractivity contribution in [3.63, 3.8) is 0 Å². The Labute approximate surface area is 132 Å². The summed E-state index contributed by atoms with van der Waals surface area (Å²) < 4.78 is 0. The van der Waals surface area contributed by atoms with Crippen LogP contribution in [0, 0.1) is 0 Å². The van der Waals surface area contributed by atoms with Gasteiger partial charge in [-0.15, -0.1) is 5.10 Å². The quantitative estimate of drug-likeness (QED) is 0.848. The molecule has 1 aliphatic heterocycles. The summed E-state index contributed by atoms with van der Waals surface area (Å²) in [5, 5.41) is 8.88. The molecule has 1 aliphatic rings. The Bertz CT molecular complexity index is 517. The molecule has 2 heterocycles. The van der Waals surface area contributed by atoms with Crippen LogP contribution in [0.3, 0.4) is 0 Å². The third-order valence-corrected chi connectivity index (χ3v) is 4.30. The average molecular weight is 307 g/mol. The van der Waals surface area contributed by atoms with E-state index in [1.54, 1.807) is 0 Å². The van der Waals surface area contributed by atoms with Crippen molar-refractivity contribution in [1.82, 2.24) is 15.1 Å². The highest BCUT2D eigenvalue weighted by Crippen LogP contribution is 2.25. The monoisotopic (exact) mass is 307 g/mol. The van der Waals surface area contributed by atoms with E-state index >= 15 is 0 Å². The van der Waals surface area contributed by atoms with Crippen molar-refractivity contribution in [2.45, 2.75) is 33.1 Å². The maximum atomic E-state index is 6.01. The fourth-order valence-electron chi connectivity index (χ4n) is 2.90. The molecule has 1 fully saturated rings. The Balaban J connectivity index is 2.45. The van der Waals surface area contributed by atoms with E-state index in [0.717, 1.165) is 68.1 Å². The van der Waals surface area contributed by atoms with Gasteiger partial charge < -0.3 is 15.5 Å². The van der Waals surface area contributed by atoms with Crippen molar-refractivity contribution >= 4 is 23.0 Å². The summed E-state index contributed by atoms with van der Waals surface area (Å²) in [4.78, 5) is 5.06. The number of likely N-dealkylation sites (N-methyl/N-ethyl adjacent to an activating group) is 1. The Morgan fingerprint density at radius 1 is 1.14 bits per heavy atom. The third-order valence-electron chi connectivity index (χ3n) is 4.09. The van der Waals surface area contributed by atoms with Gasteiger partial charge in [-0.05, 0) is 38.4 Å². The highest BCUT2D eigenvalue weighted by Gasteiger charge is 2.22. The van der Waals surface area contributed by atoms with Gasteiger partial charge in [-0.3, -0.25) is 0 Å². The van der Waals surface area contributed by atoms with E-state index in [4.69, 9.17) is 18.0 Å². The van der Waals surface area contributed by atoms with E-state index in [1.807, 2.05) is 0 Å². The summed E-state index contributed by atoms with van der Waals surface area (Å²) in [6.45, 7) is 8.26. The molecule has 0 amide bonds. The second-order valence-electron chi connectivity index (χ2n) is 5.54. The fourth-order valence-corrected chi connectivity index (χ4v) is 3.12. The van der Waals surface area contributed by atoms with Gasteiger partial charge in [0.1, 0.15) is 4.99 Å². The molecule has 2 rings (SSSR count). The highest BCUT2D eigenvalue weighted by molar-refractivity contribution is 7.80. The molecular weight excluding hydrogens is 282 g/mol. The van der Waals surface area contributed by atoms with Crippen LogP contribution in [0.2, 0.25) is 0 Å². The first-order valence-corrected chi connectivity index (χ1v) is 8.11. The van der Waals surface area contributed by atoms with Crippen LogP contribution in [0.4, 0.5) is 5.82 Å². The first kappa shape index (κ1) is 16.1. The highest BCUT2D eigenvalue weighted by atomic mass is 32.1. The first-order chi connectivity index (χ1) is 10.1. The van der Waals surface area contributed by atoms with E-state index < -0.39 is 0 Å². The molecule has 6 heteroatoms. The van der Waals surface area contributed by atoms with Crippen LogP contribution in [0.25, 0.3) is 0 Å². The zero-order chi connectivity index (χ0) is 15.4. The molecule has 1 aromatic rings. The second-order valence-corrected chi connectivity index (χ2v) is 5.98. The number of thiocarbonyl (C=S) groups is 1. The predicted octanol–water partition coefficient (Wildman–Crippen LogP) is 1.38. The second kappa shape index (κ2) is 7.13. The number of rotatable bonds is 4. The van der Waals surface area contributed by atoms with E-state index in [1.165, 1.54) is 0 Å². The van der Waals surface area contributed by atoms with E-state index in [0.29, 0.717) is 4.99 Å². The molecular formula is C15H25N5S. The van der Waals surface area contributed by atoms with Gasteiger partial charge in [-0.2, -0.15) is 5.10 Å². The number of aryl methyl sites for hydroxylation is 1. The minimum absolute atomic E-state index is 0.434. The average Bonchev–Trinajstić information content (AvgIpc) is 2.70. The largest absolute Gasteiger partial charge is 0.389 e. The summed E-state index contributed by atoms with van der Waals surface area (Å²) in [7, 11) is 2.15. The summed E-state index contributed by atoms with van der Waals surface area (Å²) in [6.07, 6.45) is 2.85. The zero-order valence-electron chi connectivity index (χ0n) is 13.2. The zero-order valence-corrected chi connectivity index (χ0v) is 14.0. The first-order valence-electron chi connectivity index (χ1n) is 7.70. The van der Waals surface area contributed by atoms with Crippen LogP contribution in [0.1, 0.15) is 37.1 Å². The predicted molar refractivity (Wildman–Crippen MR) is 91.0 cm³/mol. The van der Waals surface area contributed by atoms with Crippen molar-refractivity contribution in [2.24, 2.45) is 5.73 Å². The van der Waals surface area contributed by atoms with Gasteiger partial charge in [-0.1, -0.05) is 26.1 Å². The summed E-state index contributed by atoms with van der Waals surface area (Å²) in [5.74, 6) is 0.867. The number of anilines is 1. The molecule has 0 radical (unpaired) electrons. The summed E-state index contributed by atoms with van der Waals surface area (Å²) >= 11 is 5.31. The minimum atomic E-state index is 0.434. The lowest BCUT2D eigenvalue weighted by atomic mass is 10.0. The van der Waals surface area contributed by atoms with E-state index in [9.17, 15) is 0 Å². The van der Waals surface area contributed by atoms with Gasteiger partial charge in [0.05, 0.1) is 11.3 Å². The summed E-state index contributed by atoms with van der Waals surface area (Å²) in [5.41, 5.74) is 9.12. The van der Waals surface area contributed by atoms with Gasteiger partial charge in [0.25, 0.3) is 0 Å². The van der Waals surface area contributed by atoms with Crippen LogP contribution in [-0.4, -0.2) is 53.3 Å². The molecule has 0 aromatic carbocycles. The normalized spacial score (nSPS) is 16.8. The Morgan fingerprint density at radius 3 is 2.52 bits per heavy atom. The molecule has 2 N–H and O–H groups in total. The maximum absolute atomic E-state index is 6.01. The van der Waals surface area contributed by atoms with Crippen molar-refractivity contribution in [3.8, 4) is 0 Å². The molecule has 1 aromatic heterocycles. The molecule has 21 heavy (non-hydrogen) atoms. The molecule has 116 valence electrons. The number of nitrogens with zero attached hydrogens (tertiary/aromatic N) is 4. The summed E-state index contributed by atoms with van der Waals surface area (Å²) in [6, 6.07) is 0. The third kappa shape index (κ3) is 3.49. The molecule has 0 spiro atoms. The van der Waals surface area contributed by atoms with Gasteiger partial charge in [0, 0.05) is 19.6 Å². The van der Waals surface area contributed by atoms with Crippen LogP contribution >= 0.6 is 12.2 Å². The van der Waals surface area contributed by atoms with Crippen LogP contribution in [0.15, 0.2) is 0 Å². The lowest BCUT2D eigenvalue weighted by Gasteiger charge is -2.25. The van der Waals surface area contributed by atoms with Crippen molar-refractivity contribution in [1.29, 1.82) is 0 Å². The van der Waals surface area contributed by atoms with E-state index in [-0.39, 0.29) is 0 Å². The minimum Gasteiger partial charge on any atom is -0.389 e. The van der Waals surface area contributed by atoms with Gasteiger partial charge in [0.2, 0.25) is 0 Å². The lowest BCUT2D eigenvalue weighted by Crippen LogP contribution is -2.32. The van der Waals surface area contributed by atoms with Crippen LogP contribution in [-0.2, 0) is 12.8 Å². The van der Waals surface area contributed by atoms with Crippen molar-refractivity contribution in [3.05, 3.63) is 16.8 Å². The molecule has 0 atom stereocenters. The van der Waals surface area contributed by atoms with Crippen LogP contribution < -0.4 is 10.6 Å². The smallest absolute Gasteiger partial charge is 0.161 e. The van der Waals surface area contributed by atoms with Crippen molar-refractivity contribution in [2.75, 3.05) is 38.1 Å². The maximum Gasteiger partial charge on any atom is 0.161 e. The van der Waals surface area contributed by atoms with Gasteiger partial charge in [0.15, 0.2) is 5.82 Å². The van der Waals surface area contributed by atoms with Crippen molar-refractivity contribution < 1.29 is 0 Å². The number of aromatic nitrogens is 2. The molecule has 0 bridgehead atoms. The van der Waals surface area contributed by atoms with E-state index in [2.05, 4.69) is 40.9 Å². The molecule has 0 aliphatic carbocycles.